The van der Waals surface area contributed by atoms with Crippen molar-refractivity contribution in [3.63, 3.8) is 0 Å². The van der Waals surface area contributed by atoms with Gasteiger partial charge < -0.3 is 19.9 Å². The van der Waals surface area contributed by atoms with Crippen molar-refractivity contribution >= 4 is 40.8 Å². The minimum Gasteiger partial charge on any atom is -0.482 e. The van der Waals surface area contributed by atoms with Crippen LogP contribution in [0, 0.1) is 6.92 Å². The summed E-state index contributed by atoms with van der Waals surface area (Å²) in [7, 11) is 0. The third-order valence-corrected chi connectivity index (χ3v) is 3.43. The zero-order valence-corrected chi connectivity index (χ0v) is 14.4. The van der Waals surface area contributed by atoms with Crippen LogP contribution < -0.4 is 15.4 Å². The van der Waals surface area contributed by atoms with Crippen LogP contribution in [0.2, 0.25) is 10.0 Å². The largest absolute Gasteiger partial charge is 0.482 e. The number of nitrogens with one attached hydrogen (secondary N) is 2. The number of rotatable bonds is 6. The number of aromatic nitrogens is 1. The Morgan fingerprint density at radius 1 is 1.33 bits per heavy atom. The molecule has 2 amide bonds. The van der Waals surface area contributed by atoms with Crippen LogP contribution in [0.1, 0.15) is 12.7 Å². The van der Waals surface area contributed by atoms with Crippen molar-refractivity contribution in [1.82, 2.24) is 10.5 Å². The quantitative estimate of drug-likeness (QED) is 0.813. The van der Waals surface area contributed by atoms with Crippen LogP contribution in [0.5, 0.6) is 5.75 Å². The molecule has 9 heteroatoms. The van der Waals surface area contributed by atoms with Crippen LogP contribution in [0.15, 0.2) is 28.8 Å². The summed E-state index contributed by atoms with van der Waals surface area (Å²) < 4.78 is 10.1. The summed E-state index contributed by atoms with van der Waals surface area (Å²) in [6.07, 6.45) is 0. The maximum absolute atomic E-state index is 11.9. The number of amides is 2. The van der Waals surface area contributed by atoms with Crippen molar-refractivity contribution in [2.24, 2.45) is 0 Å². The molecule has 0 radical (unpaired) electrons. The third-order valence-electron chi connectivity index (χ3n) is 2.90. The molecule has 2 N–H and O–H groups in total. The molecule has 1 heterocycles. The fraction of sp³-hybridized carbons (Fsp3) is 0.267. The summed E-state index contributed by atoms with van der Waals surface area (Å²) in [6, 6.07) is 5.45. The Kier molecular flexibility index (Phi) is 6.05. The van der Waals surface area contributed by atoms with E-state index in [1.165, 1.54) is 13.0 Å². The lowest BCUT2D eigenvalue weighted by Crippen LogP contribution is -2.43. The van der Waals surface area contributed by atoms with E-state index in [1.807, 2.05) is 0 Å². The van der Waals surface area contributed by atoms with Crippen molar-refractivity contribution < 1.29 is 18.8 Å². The van der Waals surface area contributed by atoms with Crippen molar-refractivity contribution in [3.8, 4) is 5.75 Å². The molecule has 0 aliphatic rings. The van der Waals surface area contributed by atoms with E-state index < -0.39 is 17.9 Å². The van der Waals surface area contributed by atoms with Gasteiger partial charge >= 0.3 is 0 Å². The van der Waals surface area contributed by atoms with Crippen molar-refractivity contribution in [2.45, 2.75) is 19.9 Å². The number of halogens is 2. The predicted octanol–water partition coefficient (Wildman–Crippen LogP) is 2.81. The lowest BCUT2D eigenvalue weighted by atomic mass is 10.3. The average Bonchev–Trinajstić information content (AvgIpc) is 2.91. The number of carbonyl (C=O) groups excluding carboxylic acids is 2. The van der Waals surface area contributed by atoms with E-state index in [4.69, 9.17) is 32.5 Å². The molecule has 1 atom stereocenters. The maximum atomic E-state index is 11.9. The van der Waals surface area contributed by atoms with Crippen molar-refractivity contribution in [3.05, 3.63) is 40.1 Å². The van der Waals surface area contributed by atoms with Crippen LogP contribution >= 0.6 is 23.2 Å². The van der Waals surface area contributed by atoms with Gasteiger partial charge in [0.1, 0.15) is 17.6 Å². The van der Waals surface area contributed by atoms with E-state index in [0.29, 0.717) is 21.6 Å². The molecule has 24 heavy (non-hydrogen) atoms. The molecule has 1 aromatic heterocycles. The minimum absolute atomic E-state index is 0.280. The Hall–Kier alpha value is -2.25. The minimum atomic E-state index is -0.779. The Labute approximate surface area is 148 Å². The van der Waals surface area contributed by atoms with Crippen molar-refractivity contribution in [1.29, 1.82) is 0 Å². The first-order chi connectivity index (χ1) is 11.3. The van der Waals surface area contributed by atoms with Crippen LogP contribution in [0.4, 0.5) is 5.82 Å². The van der Waals surface area contributed by atoms with E-state index in [-0.39, 0.29) is 12.4 Å². The smallest absolute Gasteiger partial charge is 0.258 e. The number of nitrogens with zero attached hydrogens (tertiary/aromatic N) is 1. The second-order valence-electron chi connectivity index (χ2n) is 4.96. The van der Waals surface area contributed by atoms with Gasteiger partial charge in [0.25, 0.3) is 5.91 Å². The summed E-state index contributed by atoms with van der Waals surface area (Å²) in [6.45, 7) is 2.95. The number of hydrogen-bond donors (Lipinski definition) is 2. The van der Waals surface area contributed by atoms with Gasteiger partial charge in [-0.2, -0.15) is 0 Å². The highest BCUT2D eigenvalue weighted by Gasteiger charge is 2.17. The number of aryl methyl sites for hydroxylation is 1. The molecule has 128 valence electrons. The predicted molar refractivity (Wildman–Crippen MR) is 89.4 cm³/mol. The molecule has 2 aromatic rings. The number of benzene rings is 1. The summed E-state index contributed by atoms with van der Waals surface area (Å²) >= 11 is 11.7. The third kappa shape index (κ3) is 5.14. The molecule has 0 fully saturated rings. The van der Waals surface area contributed by atoms with Crippen LogP contribution in [-0.4, -0.2) is 29.6 Å². The highest BCUT2D eigenvalue weighted by molar-refractivity contribution is 6.35. The number of ether oxygens (including phenoxy) is 1. The van der Waals surface area contributed by atoms with Gasteiger partial charge in [-0.25, -0.2) is 0 Å². The second kappa shape index (κ2) is 8.03. The van der Waals surface area contributed by atoms with Gasteiger partial charge in [-0.1, -0.05) is 28.4 Å². The highest BCUT2D eigenvalue weighted by atomic mass is 35.5. The standard InChI is InChI=1S/C15H15Cl2N3O4/c1-8-5-13(20-24-8)19-15(22)9(2)18-14(21)7-23-12-4-3-10(16)6-11(12)17/h3-6,9H,7H2,1-2H3,(H,18,21)(H,19,20,22)/t9-/m0/s1. The SMILES string of the molecule is Cc1cc(NC(=O)[C@H](C)NC(=O)COc2ccc(Cl)cc2Cl)no1. The zero-order chi connectivity index (χ0) is 17.7. The summed E-state index contributed by atoms with van der Waals surface area (Å²) in [5.74, 6) is 0.269. The Bertz CT molecular complexity index is 748. The highest BCUT2D eigenvalue weighted by Crippen LogP contribution is 2.27. The molecule has 0 aliphatic heterocycles. The van der Waals surface area contributed by atoms with Gasteiger partial charge in [-0.15, -0.1) is 0 Å². The first kappa shape index (κ1) is 18.1. The number of carbonyl (C=O) groups is 2. The average molecular weight is 372 g/mol. The van der Waals surface area contributed by atoms with E-state index in [1.54, 1.807) is 25.1 Å². The summed E-state index contributed by atoms with van der Waals surface area (Å²) in [5, 5.41) is 9.42. The van der Waals surface area contributed by atoms with Crippen LogP contribution in [0.3, 0.4) is 0 Å². The van der Waals surface area contributed by atoms with E-state index in [2.05, 4.69) is 15.8 Å². The topological polar surface area (TPSA) is 93.5 Å². The molecular weight excluding hydrogens is 357 g/mol. The molecule has 0 saturated heterocycles. The molecule has 0 bridgehead atoms. The first-order valence-corrected chi connectivity index (χ1v) is 7.72. The molecule has 7 nitrogen and oxygen atoms in total. The van der Waals surface area contributed by atoms with Crippen LogP contribution in [0.25, 0.3) is 0 Å². The zero-order valence-electron chi connectivity index (χ0n) is 12.9. The molecule has 0 spiro atoms. The van der Waals surface area contributed by atoms with E-state index in [9.17, 15) is 9.59 Å². The normalized spacial score (nSPS) is 11.7. The van der Waals surface area contributed by atoms with Gasteiger partial charge in [0.2, 0.25) is 5.91 Å². The molecule has 0 unspecified atom stereocenters. The molecule has 2 rings (SSSR count). The monoisotopic (exact) mass is 371 g/mol. The fourth-order valence-electron chi connectivity index (χ4n) is 1.74. The molecular formula is C15H15Cl2N3O4. The first-order valence-electron chi connectivity index (χ1n) is 6.96. The van der Waals surface area contributed by atoms with Crippen molar-refractivity contribution in [2.75, 3.05) is 11.9 Å². The van der Waals surface area contributed by atoms with Gasteiger partial charge in [0.15, 0.2) is 12.4 Å². The van der Waals surface area contributed by atoms with E-state index in [0.717, 1.165) is 0 Å². The molecule has 1 aromatic carbocycles. The Morgan fingerprint density at radius 3 is 2.71 bits per heavy atom. The lowest BCUT2D eigenvalue weighted by molar-refractivity contribution is -0.127. The molecule has 0 aliphatic carbocycles. The lowest BCUT2D eigenvalue weighted by Gasteiger charge is -2.13. The van der Waals surface area contributed by atoms with E-state index >= 15 is 0 Å². The van der Waals surface area contributed by atoms with Gasteiger partial charge in [-0.05, 0) is 32.0 Å². The summed E-state index contributed by atoms with van der Waals surface area (Å²) in [5.41, 5.74) is 0. The Balaban J connectivity index is 1.81. The fourth-order valence-corrected chi connectivity index (χ4v) is 2.21. The van der Waals surface area contributed by atoms with Crippen LogP contribution in [-0.2, 0) is 9.59 Å². The van der Waals surface area contributed by atoms with Gasteiger partial charge in [-0.3, -0.25) is 9.59 Å². The summed E-state index contributed by atoms with van der Waals surface area (Å²) in [4.78, 5) is 23.8. The maximum Gasteiger partial charge on any atom is 0.258 e. The van der Waals surface area contributed by atoms with Gasteiger partial charge in [0.05, 0.1) is 5.02 Å². The number of anilines is 1. The van der Waals surface area contributed by atoms with Gasteiger partial charge in [0, 0.05) is 11.1 Å². The number of hydrogen-bond acceptors (Lipinski definition) is 5. The Morgan fingerprint density at radius 2 is 2.08 bits per heavy atom. The second-order valence-corrected chi connectivity index (χ2v) is 5.81. The molecule has 0 saturated carbocycles.